The minimum absolute atomic E-state index is 0.309. The molecule has 0 aliphatic heterocycles. The van der Waals surface area contributed by atoms with E-state index in [4.69, 9.17) is 0 Å². The molecule has 0 aliphatic rings. The Morgan fingerprint density at radius 1 is 0.348 bits per heavy atom. The Morgan fingerprint density at radius 3 is 0.957 bits per heavy atom. The third kappa shape index (κ3) is 6.67. The van der Waals surface area contributed by atoms with Crippen molar-refractivity contribution in [1.29, 1.82) is 0 Å². The fourth-order valence-corrected chi connectivity index (χ4v) is 10.7. The van der Waals surface area contributed by atoms with Gasteiger partial charge in [0.2, 0.25) is 6.71 Å². The normalized spacial score (nSPS) is 10.8. The average Bonchev–Trinajstić information content (AvgIpc) is 3.15. The minimum Gasteiger partial charge on any atom is -0.0687 e. The van der Waals surface area contributed by atoms with E-state index < -0.39 is 7.26 Å². The Bertz CT molecular complexity index is 1690. The lowest BCUT2D eigenvalue weighted by atomic mass is 9.36. The summed E-state index contributed by atoms with van der Waals surface area (Å²) in [4.78, 5) is 0. The second-order valence-corrected chi connectivity index (χ2v) is 14.7. The van der Waals surface area contributed by atoms with Crippen LogP contribution < -0.4 is 37.6 Å². The standard InChI is InChI=1S/C24H20P.C20H19B/c1-5-13-21(14-6-1)25(22-15-7-2-8-16-22,23-17-9-3-10-18-23)24-19-11-4-12-20-24;1-2-17-11-9-10-16-20(17)21(18-12-5-3-6-13-18)19-14-7-4-8-15-19/h1-20H;3-16H,2H2,1H3/q+1;. The van der Waals surface area contributed by atoms with Gasteiger partial charge in [-0.15, -0.1) is 0 Å². The van der Waals surface area contributed by atoms with Crippen LogP contribution in [0.1, 0.15) is 12.5 Å². The molecule has 0 saturated carbocycles. The number of aryl methyl sites for hydroxylation is 1. The fourth-order valence-electron chi connectivity index (χ4n) is 6.48. The molecule has 0 aliphatic carbocycles. The van der Waals surface area contributed by atoms with Gasteiger partial charge < -0.3 is 0 Å². The zero-order valence-corrected chi connectivity index (χ0v) is 27.3. The smallest absolute Gasteiger partial charge is 0.0687 e. The maximum atomic E-state index is 2.28. The topological polar surface area (TPSA) is 0 Å². The molecule has 0 fully saturated rings. The van der Waals surface area contributed by atoms with Gasteiger partial charge in [-0.05, 0) is 55.0 Å². The molecule has 0 heterocycles. The number of benzene rings is 7. The molecule has 7 aromatic carbocycles. The quantitative estimate of drug-likeness (QED) is 0.128. The van der Waals surface area contributed by atoms with Crippen molar-refractivity contribution < 1.29 is 0 Å². The molecule has 7 rings (SSSR count). The van der Waals surface area contributed by atoms with Crippen LogP contribution in [0.4, 0.5) is 0 Å². The molecule has 0 spiro atoms. The highest BCUT2D eigenvalue weighted by atomic mass is 31.2. The van der Waals surface area contributed by atoms with Gasteiger partial charge in [0, 0.05) is 0 Å². The Labute approximate surface area is 275 Å². The maximum absolute atomic E-state index is 2.28. The monoisotopic (exact) mass is 609 g/mol. The van der Waals surface area contributed by atoms with Crippen LogP contribution in [0.5, 0.6) is 0 Å². The van der Waals surface area contributed by atoms with E-state index in [1.54, 1.807) is 0 Å². The largest absolute Gasteiger partial charge is 0.241 e. The molecule has 0 unspecified atom stereocenters. The molecule has 46 heavy (non-hydrogen) atoms. The summed E-state index contributed by atoms with van der Waals surface area (Å²) in [6, 6.07) is 74.2. The predicted molar refractivity (Wildman–Crippen MR) is 205 cm³/mol. The van der Waals surface area contributed by atoms with Gasteiger partial charge in [0.1, 0.15) is 28.5 Å². The first-order valence-electron chi connectivity index (χ1n) is 16.1. The molecule has 0 saturated heterocycles. The molecule has 2 heteroatoms. The van der Waals surface area contributed by atoms with E-state index in [2.05, 4.69) is 213 Å². The highest BCUT2D eigenvalue weighted by Gasteiger charge is 2.47. The summed E-state index contributed by atoms with van der Waals surface area (Å²) < 4.78 is 0. The summed E-state index contributed by atoms with van der Waals surface area (Å²) in [6.07, 6.45) is 1.06. The maximum Gasteiger partial charge on any atom is 0.241 e. The molecule has 0 aromatic heterocycles. The van der Waals surface area contributed by atoms with Crippen molar-refractivity contribution in [3.8, 4) is 0 Å². The lowest BCUT2D eigenvalue weighted by Gasteiger charge is -2.27. The molecular weight excluding hydrogens is 570 g/mol. The van der Waals surface area contributed by atoms with Crippen LogP contribution in [0.2, 0.25) is 0 Å². The van der Waals surface area contributed by atoms with Gasteiger partial charge in [0.05, 0.1) is 0 Å². The molecule has 7 aromatic rings. The van der Waals surface area contributed by atoms with Gasteiger partial charge in [0.25, 0.3) is 0 Å². The van der Waals surface area contributed by atoms with Gasteiger partial charge in [-0.1, -0.05) is 187 Å². The van der Waals surface area contributed by atoms with Crippen LogP contribution in [0, 0.1) is 0 Å². The van der Waals surface area contributed by atoms with Crippen LogP contribution in [-0.2, 0) is 6.42 Å². The SMILES string of the molecule is CCc1ccccc1B(c1ccccc1)c1ccccc1.c1ccc([P+](c2ccccc2)(c2ccccc2)c2ccccc2)cc1. The summed E-state index contributed by atoms with van der Waals surface area (Å²) in [5.41, 5.74) is 5.54. The van der Waals surface area contributed by atoms with Crippen LogP contribution >= 0.6 is 7.26 Å². The molecule has 0 radical (unpaired) electrons. The molecule has 0 amide bonds. The van der Waals surface area contributed by atoms with Gasteiger partial charge in [0.15, 0.2) is 0 Å². The van der Waals surface area contributed by atoms with Crippen molar-refractivity contribution in [3.05, 3.63) is 212 Å². The van der Waals surface area contributed by atoms with Crippen molar-refractivity contribution in [2.75, 3.05) is 0 Å². The second kappa shape index (κ2) is 15.4. The van der Waals surface area contributed by atoms with E-state index in [-0.39, 0.29) is 0 Å². The first-order valence-corrected chi connectivity index (χ1v) is 17.9. The second-order valence-electron chi connectivity index (χ2n) is 11.3. The van der Waals surface area contributed by atoms with Crippen LogP contribution in [-0.4, -0.2) is 6.71 Å². The Kier molecular flexibility index (Phi) is 10.4. The molecule has 0 N–H and O–H groups in total. The van der Waals surface area contributed by atoms with E-state index in [9.17, 15) is 0 Å². The lowest BCUT2D eigenvalue weighted by Crippen LogP contribution is -2.53. The summed E-state index contributed by atoms with van der Waals surface area (Å²) in [5.74, 6) is 0. The van der Waals surface area contributed by atoms with Gasteiger partial charge in [-0.3, -0.25) is 0 Å². The zero-order chi connectivity index (χ0) is 31.4. The summed E-state index contributed by atoms with van der Waals surface area (Å²) in [5, 5.41) is 5.55. The number of hydrogen-bond donors (Lipinski definition) is 0. The highest BCUT2D eigenvalue weighted by Crippen LogP contribution is 2.53. The lowest BCUT2D eigenvalue weighted by molar-refractivity contribution is 1.15. The molecular formula is C44H39BP+. The molecule has 0 nitrogen and oxygen atoms in total. The van der Waals surface area contributed by atoms with E-state index >= 15 is 0 Å². The molecule has 0 atom stereocenters. The Hall–Kier alpha value is -4.97. The Balaban J connectivity index is 0.000000164. The first kappa shape index (κ1) is 31.0. The highest BCUT2D eigenvalue weighted by molar-refractivity contribution is 8.01. The molecule has 0 bridgehead atoms. The van der Waals surface area contributed by atoms with Crippen molar-refractivity contribution in [2.45, 2.75) is 13.3 Å². The van der Waals surface area contributed by atoms with E-state index in [1.807, 2.05) is 0 Å². The Morgan fingerprint density at radius 2 is 0.630 bits per heavy atom. The van der Waals surface area contributed by atoms with Crippen molar-refractivity contribution in [3.63, 3.8) is 0 Å². The van der Waals surface area contributed by atoms with Gasteiger partial charge >= 0.3 is 0 Å². The molecule has 222 valence electrons. The van der Waals surface area contributed by atoms with Crippen LogP contribution in [0.15, 0.2) is 206 Å². The van der Waals surface area contributed by atoms with Crippen molar-refractivity contribution in [1.82, 2.24) is 0 Å². The fraction of sp³-hybridized carbons (Fsp3) is 0.0455. The van der Waals surface area contributed by atoms with E-state index in [1.165, 1.54) is 43.2 Å². The number of hydrogen-bond acceptors (Lipinski definition) is 0. The van der Waals surface area contributed by atoms with Gasteiger partial charge in [-0.25, -0.2) is 0 Å². The number of rotatable bonds is 8. The third-order valence-electron chi connectivity index (χ3n) is 8.59. The van der Waals surface area contributed by atoms with E-state index in [0.717, 1.165) is 6.42 Å². The first-order chi connectivity index (χ1) is 22.8. The van der Waals surface area contributed by atoms with Crippen molar-refractivity contribution in [2.24, 2.45) is 0 Å². The minimum atomic E-state index is -1.91. The van der Waals surface area contributed by atoms with E-state index in [0.29, 0.717) is 6.71 Å². The van der Waals surface area contributed by atoms with Crippen LogP contribution in [0.3, 0.4) is 0 Å². The van der Waals surface area contributed by atoms with Crippen molar-refractivity contribution >= 4 is 51.6 Å². The van der Waals surface area contributed by atoms with Gasteiger partial charge in [-0.2, -0.15) is 0 Å². The zero-order valence-electron chi connectivity index (χ0n) is 26.4. The predicted octanol–water partition coefficient (Wildman–Crippen LogP) is 7.07. The third-order valence-corrected chi connectivity index (χ3v) is 12.9. The summed E-state index contributed by atoms with van der Waals surface area (Å²) in [6.45, 7) is 2.54. The average molecular weight is 610 g/mol. The van der Waals surface area contributed by atoms with Crippen LogP contribution in [0.25, 0.3) is 0 Å². The summed E-state index contributed by atoms with van der Waals surface area (Å²) >= 11 is 0. The summed E-state index contributed by atoms with van der Waals surface area (Å²) in [7, 11) is -1.91.